The average molecular weight is 435 g/mol. The maximum atomic E-state index is 4.73. The van der Waals surface area contributed by atoms with Crippen LogP contribution < -0.4 is 10.6 Å². The van der Waals surface area contributed by atoms with Gasteiger partial charge in [-0.05, 0) is 48.9 Å². The summed E-state index contributed by atoms with van der Waals surface area (Å²) in [7, 11) is 0. The minimum Gasteiger partial charge on any atom is -0.357 e. The van der Waals surface area contributed by atoms with Gasteiger partial charge in [-0.15, -0.1) is 11.3 Å². The van der Waals surface area contributed by atoms with Gasteiger partial charge in [0.15, 0.2) is 5.96 Å². The number of guanidine groups is 1. The van der Waals surface area contributed by atoms with E-state index in [4.69, 9.17) is 4.99 Å². The molecule has 2 N–H and O–H groups in total. The number of halogens is 1. The quantitative estimate of drug-likeness (QED) is 0.527. The second-order valence-corrected chi connectivity index (χ2v) is 8.54. The number of hydrogen-bond donors (Lipinski definition) is 2. The van der Waals surface area contributed by atoms with Crippen LogP contribution >= 0.6 is 27.3 Å². The van der Waals surface area contributed by atoms with Gasteiger partial charge in [-0.1, -0.05) is 34.1 Å². The Morgan fingerprint density at radius 2 is 2.00 bits per heavy atom. The van der Waals surface area contributed by atoms with Gasteiger partial charge in [0.05, 0.1) is 6.54 Å². The number of hydrogen-bond acceptors (Lipinski definition) is 3. The Kier molecular flexibility index (Phi) is 7.53. The molecule has 0 radical (unpaired) electrons. The zero-order chi connectivity index (χ0) is 18.2. The maximum absolute atomic E-state index is 4.73. The van der Waals surface area contributed by atoms with E-state index < -0.39 is 0 Å². The molecule has 1 aliphatic rings. The molecule has 1 aromatic carbocycles. The van der Waals surface area contributed by atoms with Crippen LogP contribution in [-0.2, 0) is 13.1 Å². The summed E-state index contributed by atoms with van der Waals surface area (Å²) in [5.41, 5.74) is 1.38. The first kappa shape index (κ1) is 19.4. The normalized spacial score (nSPS) is 16.6. The van der Waals surface area contributed by atoms with Crippen molar-refractivity contribution < 1.29 is 0 Å². The smallest absolute Gasteiger partial charge is 0.191 e. The van der Waals surface area contributed by atoms with Crippen molar-refractivity contribution in [2.45, 2.75) is 38.9 Å². The lowest BCUT2D eigenvalue weighted by atomic mass is 10.0. The number of benzene rings is 1. The molecule has 3 rings (SSSR count). The van der Waals surface area contributed by atoms with Crippen LogP contribution in [0.2, 0.25) is 0 Å². The Morgan fingerprint density at radius 3 is 2.65 bits per heavy atom. The monoisotopic (exact) mass is 434 g/mol. The summed E-state index contributed by atoms with van der Waals surface area (Å²) >= 11 is 5.26. The Labute approximate surface area is 168 Å². The van der Waals surface area contributed by atoms with Crippen molar-refractivity contribution in [3.63, 3.8) is 0 Å². The van der Waals surface area contributed by atoms with E-state index in [1.807, 2.05) is 0 Å². The minimum absolute atomic E-state index is 0.498. The highest BCUT2D eigenvalue weighted by molar-refractivity contribution is 9.10. The van der Waals surface area contributed by atoms with Crippen molar-refractivity contribution in [1.29, 1.82) is 0 Å². The number of aliphatic imine (C=N–C) groups is 1. The van der Waals surface area contributed by atoms with Crippen molar-refractivity contribution in [2.75, 3.05) is 19.6 Å². The first-order valence-electron chi connectivity index (χ1n) is 9.27. The molecule has 140 valence electrons. The predicted octanol–water partition coefficient (Wildman–Crippen LogP) is 4.23. The van der Waals surface area contributed by atoms with E-state index in [2.05, 4.69) is 80.2 Å². The Bertz CT molecular complexity index is 676. The van der Waals surface area contributed by atoms with E-state index in [9.17, 15) is 0 Å². The van der Waals surface area contributed by atoms with E-state index in [0.29, 0.717) is 6.04 Å². The molecule has 1 aromatic heterocycles. The van der Waals surface area contributed by atoms with Crippen LogP contribution in [0, 0.1) is 0 Å². The highest BCUT2D eigenvalue weighted by Crippen LogP contribution is 2.16. The van der Waals surface area contributed by atoms with Crippen LogP contribution in [0.25, 0.3) is 0 Å². The Balaban J connectivity index is 1.46. The third-order valence-corrected chi connectivity index (χ3v) is 5.96. The molecular formula is C20H27BrN4S. The van der Waals surface area contributed by atoms with Gasteiger partial charge in [-0.25, -0.2) is 4.99 Å². The molecule has 1 saturated heterocycles. The first-order valence-corrected chi connectivity index (χ1v) is 10.9. The molecule has 4 nitrogen and oxygen atoms in total. The molecular weight excluding hydrogens is 408 g/mol. The number of rotatable bonds is 6. The van der Waals surface area contributed by atoms with E-state index in [-0.39, 0.29) is 0 Å². The summed E-state index contributed by atoms with van der Waals surface area (Å²) in [6.07, 6.45) is 2.31. The van der Waals surface area contributed by atoms with Gasteiger partial charge in [0, 0.05) is 41.6 Å². The lowest BCUT2D eigenvalue weighted by Gasteiger charge is -2.33. The van der Waals surface area contributed by atoms with Crippen LogP contribution in [0.4, 0.5) is 0 Å². The first-order chi connectivity index (χ1) is 12.7. The molecule has 1 aliphatic heterocycles. The van der Waals surface area contributed by atoms with Gasteiger partial charge in [0.1, 0.15) is 0 Å². The third-order valence-electron chi connectivity index (χ3n) is 4.57. The number of likely N-dealkylation sites (tertiary alicyclic amines) is 1. The van der Waals surface area contributed by atoms with Crippen molar-refractivity contribution in [1.82, 2.24) is 15.5 Å². The summed E-state index contributed by atoms with van der Waals surface area (Å²) in [4.78, 5) is 8.57. The van der Waals surface area contributed by atoms with E-state index in [1.54, 1.807) is 11.3 Å². The van der Waals surface area contributed by atoms with Crippen LogP contribution in [0.5, 0.6) is 0 Å². The maximum Gasteiger partial charge on any atom is 0.191 e. The lowest BCUT2D eigenvalue weighted by Crippen LogP contribution is -2.48. The fourth-order valence-corrected chi connectivity index (χ4v) is 4.05. The number of thiophene rings is 1. The zero-order valence-electron chi connectivity index (χ0n) is 15.2. The largest absolute Gasteiger partial charge is 0.357 e. The second kappa shape index (κ2) is 10.1. The molecule has 1 fully saturated rings. The fourth-order valence-electron chi connectivity index (χ4n) is 3.16. The highest BCUT2D eigenvalue weighted by Gasteiger charge is 2.20. The van der Waals surface area contributed by atoms with Gasteiger partial charge >= 0.3 is 0 Å². The summed E-state index contributed by atoms with van der Waals surface area (Å²) in [6, 6.07) is 13.4. The summed E-state index contributed by atoms with van der Waals surface area (Å²) in [5, 5.41) is 9.10. The molecule has 0 bridgehead atoms. The van der Waals surface area contributed by atoms with Crippen molar-refractivity contribution in [3.05, 3.63) is 56.7 Å². The molecule has 0 spiro atoms. The topological polar surface area (TPSA) is 39.7 Å². The van der Waals surface area contributed by atoms with Crippen LogP contribution in [0.1, 0.15) is 30.2 Å². The SMILES string of the molecule is CCNC(=NCc1cccs1)NC1CCN(Cc2ccc(Br)cc2)CC1. The minimum atomic E-state index is 0.498. The Hall–Kier alpha value is -1.37. The van der Waals surface area contributed by atoms with Crippen molar-refractivity contribution >= 4 is 33.2 Å². The van der Waals surface area contributed by atoms with Gasteiger partial charge < -0.3 is 10.6 Å². The van der Waals surface area contributed by atoms with E-state index in [1.165, 1.54) is 10.4 Å². The van der Waals surface area contributed by atoms with Crippen molar-refractivity contribution in [3.8, 4) is 0 Å². The molecule has 0 aliphatic carbocycles. The molecule has 0 saturated carbocycles. The predicted molar refractivity (Wildman–Crippen MR) is 115 cm³/mol. The van der Waals surface area contributed by atoms with Gasteiger partial charge in [0.2, 0.25) is 0 Å². The molecule has 26 heavy (non-hydrogen) atoms. The molecule has 0 unspecified atom stereocenters. The number of nitrogens with zero attached hydrogens (tertiary/aromatic N) is 2. The summed E-state index contributed by atoms with van der Waals surface area (Å²) in [5.74, 6) is 0.937. The number of piperidine rings is 1. The van der Waals surface area contributed by atoms with Gasteiger partial charge in [-0.2, -0.15) is 0 Å². The molecule has 0 amide bonds. The van der Waals surface area contributed by atoms with Gasteiger partial charge in [0.25, 0.3) is 0 Å². The number of nitrogens with one attached hydrogen (secondary N) is 2. The van der Waals surface area contributed by atoms with E-state index in [0.717, 1.165) is 56.0 Å². The molecule has 2 aromatic rings. The molecule has 2 heterocycles. The van der Waals surface area contributed by atoms with E-state index >= 15 is 0 Å². The van der Waals surface area contributed by atoms with Crippen LogP contribution in [0.15, 0.2) is 51.2 Å². The van der Waals surface area contributed by atoms with Gasteiger partial charge in [-0.3, -0.25) is 4.90 Å². The summed E-state index contributed by atoms with van der Waals surface area (Å²) in [6.45, 7) is 7.03. The standard InChI is InChI=1S/C20H27BrN4S/c1-2-22-20(23-14-19-4-3-13-26-19)24-18-9-11-25(12-10-18)15-16-5-7-17(21)8-6-16/h3-8,13,18H,2,9-12,14-15H2,1H3,(H2,22,23,24). The average Bonchev–Trinajstić information content (AvgIpc) is 3.17. The Morgan fingerprint density at radius 1 is 1.23 bits per heavy atom. The molecule has 6 heteroatoms. The van der Waals surface area contributed by atoms with Crippen LogP contribution in [-0.4, -0.2) is 36.5 Å². The zero-order valence-corrected chi connectivity index (χ0v) is 17.7. The fraction of sp³-hybridized carbons (Fsp3) is 0.450. The lowest BCUT2D eigenvalue weighted by molar-refractivity contribution is 0.198. The third kappa shape index (κ3) is 6.11. The molecule has 0 atom stereocenters. The van der Waals surface area contributed by atoms with Crippen molar-refractivity contribution in [2.24, 2.45) is 4.99 Å². The summed E-state index contributed by atoms with van der Waals surface area (Å²) < 4.78 is 1.14. The highest BCUT2D eigenvalue weighted by atomic mass is 79.9. The van der Waals surface area contributed by atoms with Crippen LogP contribution in [0.3, 0.4) is 0 Å². The second-order valence-electron chi connectivity index (χ2n) is 6.60.